The molecule has 0 bridgehead atoms. The average molecular weight is 375 g/mol. The Morgan fingerprint density at radius 2 is 1.81 bits per heavy atom. The molecule has 0 amide bonds. The van der Waals surface area contributed by atoms with Crippen molar-refractivity contribution in [2.24, 2.45) is 5.41 Å². The number of hydrogen-bond donors (Lipinski definition) is 1. The highest BCUT2D eigenvalue weighted by atomic mass is 19.4. The summed E-state index contributed by atoms with van der Waals surface area (Å²) in [6.07, 6.45) is -2.99. The van der Waals surface area contributed by atoms with E-state index in [9.17, 15) is 26.3 Å². The van der Waals surface area contributed by atoms with Crippen molar-refractivity contribution in [1.29, 1.82) is 0 Å². The molecule has 1 aliphatic heterocycles. The maximum Gasteiger partial charge on any atom is 0.418 e. The van der Waals surface area contributed by atoms with Crippen LogP contribution in [-0.4, -0.2) is 28.8 Å². The predicted molar refractivity (Wildman–Crippen MR) is 80.7 cm³/mol. The zero-order valence-electron chi connectivity index (χ0n) is 13.5. The van der Waals surface area contributed by atoms with Gasteiger partial charge in [0.2, 0.25) is 0 Å². The van der Waals surface area contributed by atoms with Crippen LogP contribution < -0.4 is 5.32 Å². The number of aromatic nitrogens is 2. The molecule has 1 aromatic carbocycles. The van der Waals surface area contributed by atoms with E-state index in [0.29, 0.717) is 32.0 Å². The fourth-order valence-electron chi connectivity index (χ4n) is 4.03. The quantitative estimate of drug-likeness (QED) is 0.800. The second-order valence-electron chi connectivity index (χ2n) is 6.81. The van der Waals surface area contributed by atoms with E-state index < -0.39 is 40.5 Å². The molecule has 1 saturated carbocycles. The molecule has 26 heavy (non-hydrogen) atoms. The molecule has 140 valence electrons. The van der Waals surface area contributed by atoms with E-state index in [1.165, 1.54) is 12.3 Å². The molecule has 1 unspecified atom stereocenters. The SMILES string of the molecule is Fc1ccc(-n2ccc(C3C(F)(F)C34CCNCC4)n2)c(C(F)(F)F)c1. The van der Waals surface area contributed by atoms with Gasteiger partial charge >= 0.3 is 6.18 Å². The van der Waals surface area contributed by atoms with Crippen molar-refractivity contribution >= 4 is 0 Å². The average Bonchev–Trinajstić information content (AvgIpc) is 2.90. The van der Waals surface area contributed by atoms with Gasteiger partial charge in [-0.2, -0.15) is 18.3 Å². The van der Waals surface area contributed by atoms with Gasteiger partial charge in [0.1, 0.15) is 5.82 Å². The maximum absolute atomic E-state index is 14.4. The smallest absolute Gasteiger partial charge is 0.317 e. The van der Waals surface area contributed by atoms with Gasteiger partial charge in [0.25, 0.3) is 5.92 Å². The predicted octanol–water partition coefficient (Wildman–Crippen LogP) is 4.13. The lowest BCUT2D eigenvalue weighted by Gasteiger charge is -2.22. The monoisotopic (exact) mass is 375 g/mol. The normalized spacial score (nSPS) is 24.0. The van der Waals surface area contributed by atoms with Crippen molar-refractivity contribution in [1.82, 2.24) is 15.1 Å². The minimum Gasteiger partial charge on any atom is -0.317 e. The summed E-state index contributed by atoms with van der Waals surface area (Å²) in [5, 5.41) is 7.02. The summed E-state index contributed by atoms with van der Waals surface area (Å²) in [5.74, 6) is -5.06. The second-order valence-corrected chi connectivity index (χ2v) is 6.81. The summed E-state index contributed by atoms with van der Waals surface area (Å²) in [6, 6.07) is 3.52. The zero-order valence-corrected chi connectivity index (χ0v) is 13.5. The molecule has 2 fully saturated rings. The van der Waals surface area contributed by atoms with Gasteiger partial charge in [-0.15, -0.1) is 0 Å². The third kappa shape index (κ3) is 2.44. The number of alkyl halides is 5. The van der Waals surface area contributed by atoms with Crippen LogP contribution in [-0.2, 0) is 6.18 Å². The topological polar surface area (TPSA) is 29.9 Å². The van der Waals surface area contributed by atoms with Crippen LogP contribution in [0, 0.1) is 11.2 Å². The molecule has 9 heteroatoms. The summed E-state index contributed by atoms with van der Waals surface area (Å²) < 4.78 is 82.5. The Bertz CT molecular complexity index is 835. The first kappa shape index (κ1) is 17.4. The Morgan fingerprint density at radius 3 is 2.46 bits per heavy atom. The van der Waals surface area contributed by atoms with E-state index in [2.05, 4.69) is 10.4 Å². The molecule has 2 heterocycles. The Kier molecular flexibility index (Phi) is 3.67. The van der Waals surface area contributed by atoms with Crippen molar-refractivity contribution in [3.8, 4) is 5.69 Å². The van der Waals surface area contributed by atoms with E-state index in [-0.39, 0.29) is 5.69 Å². The summed E-state index contributed by atoms with van der Waals surface area (Å²) >= 11 is 0. The molecule has 1 atom stereocenters. The molecule has 2 aliphatic rings. The second kappa shape index (κ2) is 5.48. The molecular weight excluding hydrogens is 360 g/mol. The summed E-state index contributed by atoms with van der Waals surface area (Å²) in [5.41, 5.74) is -2.71. The number of halogens is 6. The van der Waals surface area contributed by atoms with Gasteiger partial charge in [-0.05, 0) is 50.2 Å². The van der Waals surface area contributed by atoms with Crippen LogP contribution in [0.1, 0.15) is 30.0 Å². The van der Waals surface area contributed by atoms with Crippen LogP contribution in [0.25, 0.3) is 5.69 Å². The number of piperidine rings is 1. The molecular formula is C17H15F6N3. The largest absolute Gasteiger partial charge is 0.418 e. The fourth-order valence-corrected chi connectivity index (χ4v) is 4.03. The molecule has 3 nitrogen and oxygen atoms in total. The maximum atomic E-state index is 14.4. The van der Waals surface area contributed by atoms with Crippen LogP contribution in [0.3, 0.4) is 0 Å². The van der Waals surface area contributed by atoms with Crippen LogP contribution in [0.15, 0.2) is 30.5 Å². The molecule has 1 N–H and O–H groups in total. The Balaban J connectivity index is 1.70. The fraction of sp³-hybridized carbons (Fsp3) is 0.471. The molecule has 4 rings (SSSR count). The Morgan fingerprint density at radius 1 is 1.12 bits per heavy atom. The number of rotatable bonds is 2. The number of nitrogens with zero attached hydrogens (tertiary/aromatic N) is 2. The van der Waals surface area contributed by atoms with Gasteiger partial charge in [-0.1, -0.05) is 0 Å². The van der Waals surface area contributed by atoms with Crippen LogP contribution in [0.5, 0.6) is 0 Å². The standard InChI is InChI=1S/C17H15F6N3/c18-10-1-2-13(11(9-10)17(21,22)23)26-8-3-12(25-26)14-15(16(14,19)20)4-6-24-7-5-15/h1-3,8-9,14,24H,4-7H2. The molecule has 0 radical (unpaired) electrons. The summed E-state index contributed by atoms with van der Waals surface area (Å²) in [6.45, 7) is 0.950. The third-order valence-electron chi connectivity index (χ3n) is 5.41. The lowest BCUT2D eigenvalue weighted by molar-refractivity contribution is -0.137. The minimum atomic E-state index is -4.79. The van der Waals surface area contributed by atoms with Crippen LogP contribution in [0.4, 0.5) is 26.3 Å². The van der Waals surface area contributed by atoms with Crippen molar-refractivity contribution in [2.75, 3.05) is 13.1 Å². The van der Waals surface area contributed by atoms with E-state index in [4.69, 9.17) is 0 Å². The highest BCUT2D eigenvalue weighted by Crippen LogP contribution is 2.74. The Labute approximate surface area is 145 Å². The number of benzene rings is 1. The first-order valence-corrected chi connectivity index (χ1v) is 8.18. The minimum absolute atomic E-state index is 0.0642. The molecule has 1 aromatic heterocycles. The lowest BCUT2D eigenvalue weighted by Crippen LogP contribution is -2.32. The lowest BCUT2D eigenvalue weighted by atomic mass is 9.91. The summed E-state index contributed by atoms with van der Waals surface area (Å²) in [4.78, 5) is 0. The van der Waals surface area contributed by atoms with Gasteiger partial charge in [0.15, 0.2) is 0 Å². The van der Waals surface area contributed by atoms with Crippen molar-refractivity contribution in [2.45, 2.75) is 30.9 Å². The van der Waals surface area contributed by atoms with Gasteiger partial charge < -0.3 is 5.32 Å². The third-order valence-corrected chi connectivity index (χ3v) is 5.41. The van der Waals surface area contributed by atoms with Crippen molar-refractivity contribution in [3.63, 3.8) is 0 Å². The Hall–Kier alpha value is -2.03. The number of nitrogens with one attached hydrogen (secondary N) is 1. The van der Waals surface area contributed by atoms with E-state index in [1.807, 2.05) is 0 Å². The highest BCUT2D eigenvalue weighted by molar-refractivity contribution is 5.44. The molecule has 1 spiro atoms. The van der Waals surface area contributed by atoms with E-state index in [1.54, 1.807) is 0 Å². The first-order chi connectivity index (χ1) is 12.2. The van der Waals surface area contributed by atoms with Crippen LogP contribution in [0.2, 0.25) is 0 Å². The molecule has 2 aromatic rings. The van der Waals surface area contributed by atoms with Crippen LogP contribution >= 0.6 is 0 Å². The first-order valence-electron chi connectivity index (χ1n) is 8.18. The van der Waals surface area contributed by atoms with Crippen molar-refractivity contribution < 1.29 is 26.3 Å². The van der Waals surface area contributed by atoms with Gasteiger partial charge in [-0.25, -0.2) is 17.9 Å². The van der Waals surface area contributed by atoms with Crippen molar-refractivity contribution in [3.05, 3.63) is 47.5 Å². The van der Waals surface area contributed by atoms with E-state index in [0.717, 1.165) is 16.8 Å². The zero-order chi connectivity index (χ0) is 18.7. The van der Waals surface area contributed by atoms with Gasteiger partial charge in [0, 0.05) is 6.20 Å². The number of hydrogen-bond acceptors (Lipinski definition) is 2. The molecule has 1 aliphatic carbocycles. The van der Waals surface area contributed by atoms with E-state index >= 15 is 0 Å². The summed E-state index contributed by atoms with van der Waals surface area (Å²) in [7, 11) is 0. The van der Waals surface area contributed by atoms with Gasteiger partial charge in [0.05, 0.1) is 28.3 Å². The molecule has 1 saturated heterocycles. The van der Waals surface area contributed by atoms with Gasteiger partial charge in [-0.3, -0.25) is 0 Å². The highest BCUT2D eigenvalue weighted by Gasteiger charge is 2.80.